The van der Waals surface area contributed by atoms with Crippen LogP contribution in [-0.4, -0.2) is 28.0 Å². The van der Waals surface area contributed by atoms with Crippen molar-refractivity contribution in [3.63, 3.8) is 0 Å². The van der Waals surface area contributed by atoms with Gasteiger partial charge in [-0.3, -0.25) is 0 Å². The number of oxazole rings is 1. The van der Waals surface area contributed by atoms with Crippen LogP contribution >= 0.6 is 11.6 Å². The number of anilines is 1. The van der Waals surface area contributed by atoms with Gasteiger partial charge >= 0.3 is 0 Å². The molecule has 4 aromatic rings. The maximum Gasteiger partial charge on any atom is 0.298 e. The third kappa shape index (κ3) is 2.65. The number of aromatic nitrogens is 3. The number of H-pyrrole nitrogens is 1. The summed E-state index contributed by atoms with van der Waals surface area (Å²) in [5.74, 6) is 1.53. The normalized spacial score (nSPS) is 16.1. The van der Waals surface area contributed by atoms with Crippen LogP contribution in [-0.2, 0) is 0 Å². The third-order valence-electron chi connectivity index (χ3n) is 4.90. The maximum atomic E-state index is 6.03. The molecule has 2 aromatic heterocycles. The molecule has 1 N–H and O–H groups in total. The van der Waals surface area contributed by atoms with Gasteiger partial charge in [0.25, 0.3) is 6.01 Å². The van der Waals surface area contributed by atoms with Gasteiger partial charge in [0.15, 0.2) is 5.58 Å². The quantitative estimate of drug-likeness (QED) is 0.566. The first-order chi connectivity index (χ1) is 12.3. The fourth-order valence-electron chi connectivity index (χ4n) is 3.53. The standard InChI is InChI=1S/C19H17ClN4O/c20-13-5-6-17-16(11-13)23-19(25-17)24-9-7-12(8-10-24)18-21-14-3-1-2-4-15(14)22-18/h1-6,11-12H,7-10H2,(H,21,22). The van der Waals surface area contributed by atoms with Gasteiger partial charge < -0.3 is 14.3 Å². The second-order valence-corrected chi connectivity index (χ2v) is 6.95. The van der Waals surface area contributed by atoms with Crippen LogP contribution in [0.2, 0.25) is 5.02 Å². The van der Waals surface area contributed by atoms with Gasteiger partial charge in [0.1, 0.15) is 11.3 Å². The van der Waals surface area contributed by atoms with Crippen molar-refractivity contribution in [2.75, 3.05) is 18.0 Å². The van der Waals surface area contributed by atoms with Crippen molar-refractivity contribution in [3.8, 4) is 0 Å². The van der Waals surface area contributed by atoms with Crippen molar-refractivity contribution in [2.45, 2.75) is 18.8 Å². The van der Waals surface area contributed by atoms with Gasteiger partial charge in [0.2, 0.25) is 0 Å². The Bertz CT molecular complexity index is 1010. The molecule has 0 spiro atoms. The Morgan fingerprint density at radius 1 is 1.04 bits per heavy atom. The first-order valence-electron chi connectivity index (χ1n) is 8.52. The largest absolute Gasteiger partial charge is 0.423 e. The molecular formula is C19H17ClN4O. The molecule has 1 aliphatic rings. The number of hydrogen-bond acceptors (Lipinski definition) is 4. The molecule has 0 saturated carbocycles. The van der Waals surface area contributed by atoms with E-state index in [0.717, 1.165) is 53.9 Å². The highest BCUT2D eigenvalue weighted by atomic mass is 35.5. The van der Waals surface area contributed by atoms with Gasteiger partial charge in [-0.25, -0.2) is 4.98 Å². The van der Waals surface area contributed by atoms with Crippen LogP contribution in [0.3, 0.4) is 0 Å². The summed E-state index contributed by atoms with van der Waals surface area (Å²) >= 11 is 6.03. The molecule has 0 radical (unpaired) electrons. The highest BCUT2D eigenvalue weighted by Crippen LogP contribution is 2.31. The average molecular weight is 353 g/mol. The molecule has 0 atom stereocenters. The van der Waals surface area contributed by atoms with Gasteiger partial charge in [0, 0.05) is 24.0 Å². The van der Waals surface area contributed by atoms with E-state index in [4.69, 9.17) is 21.0 Å². The fourth-order valence-corrected chi connectivity index (χ4v) is 3.70. The number of imidazole rings is 1. The average Bonchev–Trinajstić information content (AvgIpc) is 3.25. The fraction of sp³-hybridized carbons (Fsp3) is 0.263. The molecule has 2 aromatic carbocycles. The van der Waals surface area contributed by atoms with Crippen molar-refractivity contribution in [3.05, 3.63) is 53.3 Å². The molecule has 1 saturated heterocycles. The molecule has 0 bridgehead atoms. The minimum Gasteiger partial charge on any atom is -0.423 e. The number of nitrogens with zero attached hydrogens (tertiary/aromatic N) is 3. The number of rotatable bonds is 2. The molecule has 5 nitrogen and oxygen atoms in total. The van der Waals surface area contributed by atoms with Crippen molar-refractivity contribution < 1.29 is 4.42 Å². The van der Waals surface area contributed by atoms with E-state index in [2.05, 4.69) is 20.9 Å². The highest BCUT2D eigenvalue weighted by molar-refractivity contribution is 6.31. The number of piperidine rings is 1. The molecular weight excluding hydrogens is 336 g/mol. The number of fused-ring (bicyclic) bond motifs is 2. The van der Waals surface area contributed by atoms with Crippen LogP contribution < -0.4 is 4.90 Å². The van der Waals surface area contributed by atoms with Crippen molar-refractivity contribution in [1.82, 2.24) is 15.0 Å². The number of benzene rings is 2. The Labute approximate surface area is 149 Å². The minimum absolute atomic E-state index is 0.447. The van der Waals surface area contributed by atoms with Crippen LogP contribution in [0.25, 0.3) is 22.1 Å². The van der Waals surface area contributed by atoms with E-state index in [9.17, 15) is 0 Å². The van der Waals surface area contributed by atoms with Gasteiger partial charge in [-0.15, -0.1) is 0 Å². The lowest BCUT2D eigenvalue weighted by atomic mass is 9.96. The SMILES string of the molecule is Clc1ccc2oc(N3CCC(c4nc5ccccc5[nH]4)CC3)nc2c1. The lowest BCUT2D eigenvalue weighted by Crippen LogP contribution is -2.33. The zero-order valence-corrected chi connectivity index (χ0v) is 14.3. The van der Waals surface area contributed by atoms with Crippen molar-refractivity contribution >= 4 is 39.7 Å². The Hall–Kier alpha value is -2.53. The third-order valence-corrected chi connectivity index (χ3v) is 5.13. The Morgan fingerprint density at radius 3 is 2.72 bits per heavy atom. The maximum absolute atomic E-state index is 6.03. The molecule has 6 heteroatoms. The summed E-state index contributed by atoms with van der Waals surface area (Å²) in [5.41, 5.74) is 3.73. The van der Waals surface area contributed by atoms with Gasteiger partial charge in [-0.1, -0.05) is 23.7 Å². The number of para-hydroxylation sites is 2. The molecule has 1 aliphatic heterocycles. The van der Waals surface area contributed by atoms with E-state index in [1.54, 1.807) is 0 Å². The molecule has 0 unspecified atom stereocenters. The smallest absolute Gasteiger partial charge is 0.298 e. The first kappa shape index (κ1) is 14.8. The summed E-state index contributed by atoms with van der Waals surface area (Å²) in [6, 6.07) is 14.4. The lowest BCUT2D eigenvalue weighted by molar-refractivity contribution is 0.457. The zero-order valence-electron chi connectivity index (χ0n) is 13.6. The van der Waals surface area contributed by atoms with Crippen LogP contribution in [0.5, 0.6) is 0 Å². The summed E-state index contributed by atoms with van der Waals surface area (Å²) in [4.78, 5) is 15.0. The summed E-state index contributed by atoms with van der Waals surface area (Å²) in [7, 11) is 0. The van der Waals surface area contributed by atoms with Crippen molar-refractivity contribution in [1.29, 1.82) is 0 Å². The molecule has 3 heterocycles. The Morgan fingerprint density at radius 2 is 1.88 bits per heavy atom. The van der Waals surface area contributed by atoms with E-state index in [1.165, 1.54) is 0 Å². The first-order valence-corrected chi connectivity index (χ1v) is 8.90. The Kier molecular flexibility index (Phi) is 3.41. The molecule has 0 amide bonds. The van der Waals surface area contributed by atoms with E-state index in [1.807, 2.05) is 36.4 Å². The number of nitrogens with one attached hydrogen (secondary N) is 1. The zero-order chi connectivity index (χ0) is 16.8. The monoisotopic (exact) mass is 352 g/mol. The Balaban J connectivity index is 1.34. The second kappa shape index (κ2) is 5.77. The van der Waals surface area contributed by atoms with Gasteiger partial charge in [-0.2, -0.15) is 4.98 Å². The molecule has 0 aliphatic carbocycles. The van der Waals surface area contributed by atoms with E-state index < -0.39 is 0 Å². The molecule has 5 rings (SSSR count). The predicted octanol–water partition coefficient (Wildman–Crippen LogP) is 4.74. The van der Waals surface area contributed by atoms with Crippen molar-refractivity contribution in [2.24, 2.45) is 0 Å². The number of aromatic amines is 1. The minimum atomic E-state index is 0.447. The summed E-state index contributed by atoms with van der Waals surface area (Å²) in [6.45, 7) is 1.81. The highest BCUT2D eigenvalue weighted by Gasteiger charge is 2.25. The molecule has 1 fully saturated rings. The van der Waals surface area contributed by atoms with E-state index in [0.29, 0.717) is 17.0 Å². The summed E-state index contributed by atoms with van der Waals surface area (Å²) in [6.07, 6.45) is 2.05. The van der Waals surface area contributed by atoms with E-state index in [-0.39, 0.29) is 0 Å². The molecule has 25 heavy (non-hydrogen) atoms. The van der Waals surface area contributed by atoms with Crippen LogP contribution in [0.1, 0.15) is 24.6 Å². The van der Waals surface area contributed by atoms with Gasteiger partial charge in [-0.05, 0) is 43.2 Å². The van der Waals surface area contributed by atoms with Gasteiger partial charge in [0.05, 0.1) is 11.0 Å². The van der Waals surface area contributed by atoms with Crippen LogP contribution in [0.15, 0.2) is 46.9 Å². The second-order valence-electron chi connectivity index (χ2n) is 6.51. The van der Waals surface area contributed by atoms with E-state index >= 15 is 0 Å². The van der Waals surface area contributed by atoms with Crippen LogP contribution in [0.4, 0.5) is 6.01 Å². The number of hydrogen-bond donors (Lipinski definition) is 1. The van der Waals surface area contributed by atoms with Crippen LogP contribution in [0, 0.1) is 0 Å². The predicted molar refractivity (Wildman–Crippen MR) is 99.3 cm³/mol. The molecule has 126 valence electrons. The lowest BCUT2D eigenvalue weighted by Gasteiger charge is -2.29. The summed E-state index contributed by atoms with van der Waals surface area (Å²) < 4.78 is 5.88. The topological polar surface area (TPSA) is 58.0 Å². The number of halogens is 1. The summed E-state index contributed by atoms with van der Waals surface area (Å²) in [5, 5.41) is 0.677.